The number of hydrogen-bond donors (Lipinski definition) is 2. The van der Waals surface area contributed by atoms with E-state index in [-0.39, 0.29) is 5.91 Å². The van der Waals surface area contributed by atoms with E-state index in [0.29, 0.717) is 22.8 Å². The Morgan fingerprint density at radius 1 is 1.23 bits per heavy atom. The molecule has 6 rings (SSSR count). The van der Waals surface area contributed by atoms with Gasteiger partial charge in [-0.25, -0.2) is 4.98 Å². The minimum absolute atomic E-state index is 0.175. The number of carbonyl (C=O) groups is 1. The van der Waals surface area contributed by atoms with Gasteiger partial charge in [0, 0.05) is 47.9 Å². The number of anilines is 1. The summed E-state index contributed by atoms with van der Waals surface area (Å²) in [5.74, 6) is 0.371. The van der Waals surface area contributed by atoms with Crippen LogP contribution in [-0.4, -0.2) is 44.1 Å². The fourth-order valence-electron chi connectivity index (χ4n) is 5.22. The number of benzene rings is 1. The lowest BCUT2D eigenvalue weighted by molar-refractivity contribution is 0.102. The van der Waals surface area contributed by atoms with Gasteiger partial charge in [-0.3, -0.25) is 14.4 Å². The Morgan fingerprint density at radius 3 is 2.84 bits per heavy atom. The molecular weight excluding hydrogens is 388 g/mol. The van der Waals surface area contributed by atoms with E-state index in [9.17, 15) is 4.79 Å². The summed E-state index contributed by atoms with van der Waals surface area (Å²) >= 11 is 0. The van der Waals surface area contributed by atoms with Crippen LogP contribution in [0.2, 0.25) is 0 Å². The van der Waals surface area contributed by atoms with Crippen LogP contribution in [0, 0.1) is 12.3 Å². The van der Waals surface area contributed by atoms with Crippen molar-refractivity contribution in [2.24, 2.45) is 12.5 Å². The molecule has 31 heavy (non-hydrogen) atoms. The third-order valence-electron chi connectivity index (χ3n) is 7.12. The number of fused-ring (bicyclic) bond motifs is 2. The van der Waals surface area contributed by atoms with Crippen molar-refractivity contribution in [3.05, 3.63) is 53.5 Å². The van der Waals surface area contributed by atoms with E-state index in [1.807, 2.05) is 44.4 Å². The van der Waals surface area contributed by atoms with Gasteiger partial charge in [-0.15, -0.1) is 0 Å². The molecule has 1 atom stereocenters. The fraction of sp³-hybridized carbons (Fsp3) is 0.375. The molecule has 1 aliphatic heterocycles. The van der Waals surface area contributed by atoms with E-state index in [2.05, 4.69) is 38.4 Å². The highest BCUT2D eigenvalue weighted by Gasteiger charge is 2.51. The molecule has 1 spiro atoms. The molecule has 3 aromatic heterocycles. The van der Waals surface area contributed by atoms with Crippen molar-refractivity contribution < 1.29 is 4.79 Å². The quantitative estimate of drug-likeness (QED) is 0.527. The van der Waals surface area contributed by atoms with Crippen LogP contribution >= 0.6 is 0 Å². The Kier molecular flexibility index (Phi) is 3.84. The number of aryl methyl sites for hydroxylation is 2. The molecule has 2 N–H and O–H groups in total. The predicted molar refractivity (Wildman–Crippen MR) is 121 cm³/mol. The zero-order valence-electron chi connectivity index (χ0n) is 18.1. The Bertz CT molecular complexity index is 1350. The second-order valence-corrected chi connectivity index (χ2v) is 9.41. The fourth-order valence-corrected chi connectivity index (χ4v) is 5.22. The third kappa shape index (κ3) is 3.03. The van der Waals surface area contributed by atoms with E-state index >= 15 is 0 Å². The molecule has 1 aromatic carbocycles. The van der Waals surface area contributed by atoms with Gasteiger partial charge in [-0.05, 0) is 56.8 Å². The largest absolute Gasteiger partial charge is 0.357 e. The predicted octanol–water partition coefficient (Wildman–Crippen LogP) is 4.17. The molecule has 2 fully saturated rings. The van der Waals surface area contributed by atoms with Gasteiger partial charge in [0.1, 0.15) is 5.82 Å². The van der Waals surface area contributed by atoms with Crippen molar-refractivity contribution in [3.63, 3.8) is 0 Å². The average Bonchev–Trinajstić information content (AvgIpc) is 3.09. The highest BCUT2D eigenvalue weighted by atomic mass is 16.1. The number of amides is 1. The number of aromatic nitrogens is 4. The first-order chi connectivity index (χ1) is 14.9. The van der Waals surface area contributed by atoms with E-state index in [0.717, 1.165) is 27.5 Å². The maximum Gasteiger partial charge on any atom is 0.256 e. The molecular formula is C24H26N6O. The highest BCUT2D eigenvalue weighted by molar-refractivity contribution is 6.06. The molecule has 0 bridgehead atoms. The molecule has 158 valence electrons. The Hall–Kier alpha value is -3.19. The summed E-state index contributed by atoms with van der Waals surface area (Å²) in [5, 5.41) is 9.50. The minimum atomic E-state index is -0.175. The average molecular weight is 415 g/mol. The number of nitrogens with one attached hydrogen (secondary N) is 2. The van der Waals surface area contributed by atoms with Crippen molar-refractivity contribution in [3.8, 4) is 0 Å². The van der Waals surface area contributed by atoms with Crippen LogP contribution in [0.4, 0.5) is 5.82 Å². The van der Waals surface area contributed by atoms with Gasteiger partial charge in [0.15, 0.2) is 0 Å². The maximum absolute atomic E-state index is 12.9. The number of pyridine rings is 1. The molecule has 1 saturated carbocycles. The second kappa shape index (κ2) is 6.40. The first-order valence-corrected chi connectivity index (χ1v) is 10.8. The Labute approximate surface area is 180 Å². The van der Waals surface area contributed by atoms with Gasteiger partial charge in [-0.1, -0.05) is 6.07 Å². The maximum atomic E-state index is 12.9. The minimum Gasteiger partial charge on any atom is -0.357 e. The SMILES string of the molecule is Cc1nn(C)c2cc(C(=O)Nc3cc4[nH]c(C5CC6(CC6)CN5C)cc4cn3)ccc12. The van der Waals surface area contributed by atoms with Crippen molar-refractivity contribution in [1.29, 1.82) is 0 Å². The van der Waals surface area contributed by atoms with Crippen molar-refractivity contribution in [1.82, 2.24) is 24.6 Å². The number of aromatic amines is 1. The van der Waals surface area contributed by atoms with Gasteiger partial charge < -0.3 is 10.3 Å². The van der Waals surface area contributed by atoms with Gasteiger partial charge in [-0.2, -0.15) is 5.10 Å². The van der Waals surface area contributed by atoms with Crippen molar-refractivity contribution in [2.75, 3.05) is 18.9 Å². The second-order valence-electron chi connectivity index (χ2n) is 9.41. The third-order valence-corrected chi connectivity index (χ3v) is 7.12. The van der Waals surface area contributed by atoms with Crippen LogP contribution in [0.1, 0.15) is 47.1 Å². The highest BCUT2D eigenvalue weighted by Crippen LogP contribution is 2.58. The molecule has 1 saturated heterocycles. The topological polar surface area (TPSA) is 78.8 Å². The van der Waals surface area contributed by atoms with Crippen molar-refractivity contribution >= 4 is 33.5 Å². The van der Waals surface area contributed by atoms with Crippen molar-refractivity contribution in [2.45, 2.75) is 32.2 Å². The van der Waals surface area contributed by atoms with Crippen LogP contribution in [0.3, 0.4) is 0 Å². The monoisotopic (exact) mass is 414 g/mol. The lowest BCUT2D eigenvalue weighted by atomic mass is 10.0. The summed E-state index contributed by atoms with van der Waals surface area (Å²) in [4.78, 5) is 23.4. The van der Waals surface area contributed by atoms with E-state index in [1.165, 1.54) is 31.5 Å². The summed E-state index contributed by atoms with van der Waals surface area (Å²) in [6, 6.07) is 10.2. The molecule has 7 heteroatoms. The van der Waals surface area contributed by atoms with Gasteiger partial charge >= 0.3 is 0 Å². The molecule has 1 aliphatic carbocycles. The van der Waals surface area contributed by atoms with E-state index < -0.39 is 0 Å². The number of rotatable bonds is 3. The molecule has 7 nitrogen and oxygen atoms in total. The summed E-state index contributed by atoms with van der Waals surface area (Å²) < 4.78 is 1.80. The van der Waals surface area contributed by atoms with Crippen LogP contribution < -0.4 is 5.32 Å². The molecule has 0 radical (unpaired) electrons. The lowest BCUT2D eigenvalue weighted by Gasteiger charge is -2.17. The molecule has 1 amide bonds. The first kappa shape index (κ1) is 18.6. The van der Waals surface area contributed by atoms with Crippen LogP contribution in [0.5, 0.6) is 0 Å². The van der Waals surface area contributed by atoms with Gasteiger partial charge in [0.25, 0.3) is 5.91 Å². The van der Waals surface area contributed by atoms with Gasteiger partial charge in [0.2, 0.25) is 0 Å². The van der Waals surface area contributed by atoms with E-state index in [1.54, 1.807) is 4.68 Å². The van der Waals surface area contributed by atoms with Crippen LogP contribution in [-0.2, 0) is 7.05 Å². The number of likely N-dealkylation sites (tertiary alicyclic amines) is 1. The lowest BCUT2D eigenvalue weighted by Crippen LogP contribution is -2.18. The van der Waals surface area contributed by atoms with Crippen LogP contribution in [0.15, 0.2) is 36.5 Å². The number of nitrogens with zero attached hydrogens (tertiary/aromatic N) is 4. The summed E-state index contributed by atoms with van der Waals surface area (Å²) in [7, 11) is 4.11. The Morgan fingerprint density at radius 2 is 2.06 bits per heavy atom. The molecule has 2 aliphatic rings. The standard InChI is InChI=1S/C24H26N6O/c1-14-17-5-4-15(9-20(17)30(3)28-14)23(31)27-22-10-18-16(12-25-22)8-19(26-18)21-11-24(6-7-24)13-29(21)2/h4-5,8-10,12,21,26H,6-7,11,13H2,1-3H3,(H,25,27,31). The number of H-pyrrole nitrogens is 1. The smallest absolute Gasteiger partial charge is 0.256 e. The van der Waals surface area contributed by atoms with Crippen LogP contribution in [0.25, 0.3) is 21.8 Å². The van der Waals surface area contributed by atoms with Gasteiger partial charge in [0.05, 0.1) is 22.8 Å². The summed E-state index contributed by atoms with van der Waals surface area (Å²) in [6.45, 7) is 3.16. The number of hydrogen-bond acceptors (Lipinski definition) is 4. The first-order valence-electron chi connectivity index (χ1n) is 10.8. The summed E-state index contributed by atoms with van der Waals surface area (Å²) in [6.07, 6.45) is 5.77. The normalized spacial score (nSPS) is 20.2. The van der Waals surface area contributed by atoms with E-state index in [4.69, 9.17) is 0 Å². The molecule has 4 aromatic rings. The molecule has 1 unspecified atom stereocenters. The Balaban J connectivity index is 1.25. The molecule has 4 heterocycles. The zero-order valence-corrected chi connectivity index (χ0v) is 18.1. The summed E-state index contributed by atoms with van der Waals surface area (Å²) in [5.41, 5.74) is 5.29. The zero-order chi connectivity index (χ0) is 21.3. The number of carbonyl (C=O) groups excluding carboxylic acids is 1.